The number of carboxylic acids is 1. The van der Waals surface area contributed by atoms with Gasteiger partial charge in [-0.15, -0.1) is 0 Å². The van der Waals surface area contributed by atoms with Crippen LogP contribution in [-0.4, -0.2) is 27.1 Å². The maximum absolute atomic E-state index is 13.6. The number of carbonyl (C=O) groups is 2. The van der Waals surface area contributed by atoms with Gasteiger partial charge in [-0.05, 0) is 71.4 Å². The Morgan fingerprint density at radius 2 is 1.56 bits per heavy atom. The third kappa shape index (κ3) is 6.57. The highest BCUT2D eigenvalue weighted by Crippen LogP contribution is 2.36. The summed E-state index contributed by atoms with van der Waals surface area (Å²) >= 11 is 7.28. The number of nitrogens with zero attached hydrogens (tertiary/aromatic N) is 2. The van der Waals surface area contributed by atoms with Gasteiger partial charge in [-0.2, -0.15) is 0 Å². The van der Waals surface area contributed by atoms with Gasteiger partial charge in [0.25, 0.3) is 5.91 Å². The van der Waals surface area contributed by atoms with Crippen molar-refractivity contribution in [1.29, 1.82) is 0 Å². The summed E-state index contributed by atoms with van der Waals surface area (Å²) in [6, 6.07) is 30.9. The number of carboxylic acid groups (broad SMARTS) is 1. The van der Waals surface area contributed by atoms with E-state index >= 15 is 0 Å². The molecule has 1 fully saturated rings. The maximum Gasteiger partial charge on any atom is 0.335 e. The molecule has 0 bridgehead atoms. The summed E-state index contributed by atoms with van der Waals surface area (Å²) in [5.74, 6) is -0.537. The fraction of sp³-hybridized carbons (Fsp3) is 0.0645. The van der Waals surface area contributed by atoms with Gasteiger partial charge < -0.3 is 9.84 Å². The molecule has 4 aromatic carbocycles. The van der Waals surface area contributed by atoms with Crippen molar-refractivity contribution in [3.05, 3.63) is 135 Å². The van der Waals surface area contributed by atoms with Crippen LogP contribution in [-0.2, 0) is 17.9 Å². The van der Waals surface area contributed by atoms with Gasteiger partial charge in [-0.25, -0.2) is 9.79 Å². The first-order valence-electron chi connectivity index (χ1n) is 12.1. The number of para-hydroxylation sites is 2. The molecule has 4 aromatic rings. The molecule has 1 heterocycles. The van der Waals surface area contributed by atoms with Gasteiger partial charge in [0, 0.05) is 10.6 Å². The molecule has 0 atom stereocenters. The molecule has 1 saturated heterocycles. The highest BCUT2D eigenvalue weighted by atomic mass is 35.5. The normalized spacial score (nSPS) is 15.2. The Labute approximate surface area is 235 Å². The van der Waals surface area contributed by atoms with Gasteiger partial charge in [0.05, 0.1) is 22.7 Å². The number of rotatable bonds is 8. The number of amides is 1. The van der Waals surface area contributed by atoms with E-state index in [0.29, 0.717) is 27.5 Å². The smallest absolute Gasteiger partial charge is 0.335 e. The van der Waals surface area contributed by atoms with Gasteiger partial charge in [-0.3, -0.25) is 9.69 Å². The molecule has 1 aliphatic heterocycles. The van der Waals surface area contributed by atoms with Crippen molar-refractivity contribution < 1.29 is 19.4 Å². The van der Waals surface area contributed by atoms with Crippen LogP contribution in [0.25, 0.3) is 6.08 Å². The summed E-state index contributed by atoms with van der Waals surface area (Å²) < 4.78 is 6.08. The Hall–Kier alpha value is -4.33. The predicted molar refractivity (Wildman–Crippen MR) is 155 cm³/mol. The molecule has 0 saturated carbocycles. The van der Waals surface area contributed by atoms with Crippen molar-refractivity contribution in [1.82, 2.24) is 4.90 Å². The second kappa shape index (κ2) is 12.0. The number of aromatic carboxylic acids is 1. The molecule has 0 aliphatic carbocycles. The minimum absolute atomic E-state index is 0.190. The van der Waals surface area contributed by atoms with Gasteiger partial charge >= 0.3 is 5.97 Å². The summed E-state index contributed by atoms with van der Waals surface area (Å²) in [6.45, 7) is 0.612. The lowest BCUT2D eigenvalue weighted by atomic mass is 10.1. The molecule has 1 N–H and O–H groups in total. The Kier molecular flexibility index (Phi) is 8.10. The molecule has 1 aliphatic rings. The number of thioether (sulfide) groups is 1. The molecular weight excluding hydrogens is 532 g/mol. The highest BCUT2D eigenvalue weighted by Gasteiger charge is 2.33. The first kappa shape index (κ1) is 26.3. The third-order valence-electron chi connectivity index (χ3n) is 5.92. The highest BCUT2D eigenvalue weighted by molar-refractivity contribution is 8.18. The van der Waals surface area contributed by atoms with Crippen LogP contribution in [0.3, 0.4) is 0 Å². The molecule has 0 radical (unpaired) electrons. The molecule has 39 heavy (non-hydrogen) atoms. The van der Waals surface area contributed by atoms with Crippen LogP contribution in [0.15, 0.2) is 113 Å². The van der Waals surface area contributed by atoms with Crippen LogP contribution in [0.5, 0.6) is 5.75 Å². The number of hydrogen-bond donors (Lipinski definition) is 1. The van der Waals surface area contributed by atoms with E-state index in [2.05, 4.69) is 0 Å². The van der Waals surface area contributed by atoms with Crippen molar-refractivity contribution in [3.63, 3.8) is 0 Å². The van der Waals surface area contributed by atoms with Crippen molar-refractivity contribution in [2.75, 3.05) is 0 Å². The topological polar surface area (TPSA) is 79.2 Å². The zero-order valence-electron chi connectivity index (χ0n) is 20.7. The number of carbonyl (C=O) groups excluding carboxylic acids is 1. The lowest BCUT2D eigenvalue weighted by Gasteiger charge is -2.16. The van der Waals surface area contributed by atoms with Gasteiger partial charge in [0.2, 0.25) is 0 Å². The zero-order valence-corrected chi connectivity index (χ0v) is 22.2. The van der Waals surface area contributed by atoms with Crippen LogP contribution in [0, 0.1) is 0 Å². The Balaban J connectivity index is 1.43. The lowest BCUT2D eigenvalue weighted by Crippen LogP contribution is -2.28. The van der Waals surface area contributed by atoms with Crippen LogP contribution in [0.1, 0.15) is 27.0 Å². The third-order valence-corrected chi connectivity index (χ3v) is 7.18. The number of hydrogen-bond acceptors (Lipinski definition) is 5. The minimum atomic E-state index is -0.997. The average molecular weight is 555 g/mol. The van der Waals surface area contributed by atoms with Crippen LogP contribution >= 0.6 is 23.4 Å². The fourth-order valence-corrected chi connectivity index (χ4v) is 5.01. The van der Waals surface area contributed by atoms with E-state index in [0.717, 1.165) is 22.4 Å². The average Bonchev–Trinajstić information content (AvgIpc) is 3.23. The van der Waals surface area contributed by atoms with Gasteiger partial charge in [0.15, 0.2) is 5.17 Å². The largest absolute Gasteiger partial charge is 0.488 e. The summed E-state index contributed by atoms with van der Waals surface area (Å²) in [4.78, 5) is 31.7. The van der Waals surface area contributed by atoms with Crippen LogP contribution in [0.4, 0.5) is 5.69 Å². The lowest BCUT2D eigenvalue weighted by molar-refractivity contribution is -0.122. The van der Waals surface area contributed by atoms with E-state index in [-0.39, 0.29) is 18.0 Å². The van der Waals surface area contributed by atoms with Crippen LogP contribution < -0.4 is 4.74 Å². The Bertz CT molecular complexity index is 1550. The van der Waals surface area contributed by atoms with Gasteiger partial charge in [0.1, 0.15) is 12.4 Å². The second-order valence-electron chi connectivity index (χ2n) is 8.69. The summed E-state index contributed by atoms with van der Waals surface area (Å²) in [5, 5.41) is 10.4. The molecule has 0 unspecified atom stereocenters. The molecular formula is C31H23ClN2O4S. The minimum Gasteiger partial charge on any atom is -0.488 e. The maximum atomic E-state index is 13.6. The SMILES string of the molecule is O=C(O)c1ccc(CN2C(=O)/C(=C/c3ccccc3OCc3ccc(Cl)cc3)SC2=Nc2ccccc2)cc1. The number of halogens is 1. The van der Waals surface area contributed by atoms with Crippen molar-refractivity contribution in [3.8, 4) is 5.75 Å². The van der Waals surface area contributed by atoms with Crippen LogP contribution in [0.2, 0.25) is 5.02 Å². The molecule has 0 aromatic heterocycles. The molecule has 8 heteroatoms. The number of amidine groups is 1. The van der Waals surface area contributed by atoms with E-state index in [1.54, 1.807) is 17.0 Å². The number of aliphatic imine (C=N–C) groups is 1. The standard InChI is InChI=1S/C31H23ClN2O4S/c32-25-16-12-22(13-17-25)20-38-27-9-5-4-6-24(27)18-28-29(35)34(19-21-10-14-23(15-11-21)30(36)37)31(39-28)33-26-7-2-1-3-8-26/h1-18H,19-20H2,(H,36,37)/b28-18-,33-31?. The summed E-state index contributed by atoms with van der Waals surface area (Å²) in [5.41, 5.74) is 3.46. The van der Waals surface area contributed by atoms with E-state index < -0.39 is 5.97 Å². The predicted octanol–water partition coefficient (Wildman–Crippen LogP) is 7.42. The van der Waals surface area contributed by atoms with E-state index in [1.165, 1.54) is 23.9 Å². The van der Waals surface area contributed by atoms with E-state index in [1.807, 2.05) is 84.9 Å². The number of benzene rings is 4. The first-order chi connectivity index (χ1) is 19.0. The van der Waals surface area contributed by atoms with Crippen molar-refractivity contribution in [2.24, 2.45) is 4.99 Å². The Morgan fingerprint density at radius 1 is 0.897 bits per heavy atom. The summed E-state index contributed by atoms with van der Waals surface area (Å²) in [6.07, 6.45) is 1.82. The van der Waals surface area contributed by atoms with Gasteiger partial charge in [-0.1, -0.05) is 72.3 Å². The Morgan fingerprint density at radius 3 is 2.28 bits per heavy atom. The van der Waals surface area contributed by atoms with Crippen molar-refractivity contribution in [2.45, 2.75) is 13.2 Å². The van der Waals surface area contributed by atoms with E-state index in [4.69, 9.17) is 21.3 Å². The molecule has 6 nitrogen and oxygen atoms in total. The van der Waals surface area contributed by atoms with Crippen molar-refractivity contribution >= 4 is 52.2 Å². The molecule has 1 amide bonds. The monoisotopic (exact) mass is 554 g/mol. The number of ether oxygens (including phenoxy) is 1. The quantitative estimate of drug-likeness (QED) is 0.229. The van der Waals surface area contributed by atoms with E-state index in [9.17, 15) is 14.7 Å². The zero-order chi connectivity index (χ0) is 27.2. The first-order valence-corrected chi connectivity index (χ1v) is 13.3. The fourth-order valence-electron chi connectivity index (χ4n) is 3.89. The molecule has 0 spiro atoms. The summed E-state index contributed by atoms with van der Waals surface area (Å²) in [7, 11) is 0. The molecule has 5 rings (SSSR count). The second-order valence-corrected chi connectivity index (χ2v) is 10.1. The molecule has 194 valence electrons.